The molecule has 1 aromatic carbocycles. The normalized spacial score (nSPS) is 24.1. The van der Waals surface area contributed by atoms with Crippen molar-refractivity contribution in [1.82, 2.24) is 0 Å². The summed E-state index contributed by atoms with van der Waals surface area (Å²) in [6.07, 6.45) is 8.10. The SMILES string of the molecule is O=Cc1ccc(OCC2CCC3(CCCC3)O2)c(Cl)c1. The van der Waals surface area contributed by atoms with Crippen molar-refractivity contribution < 1.29 is 14.3 Å². The van der Waals surface area contributed by atoms with Crippen LogP contribution in [0.3, 0.4) is 0 Å². The number of hydrogen-bond donors (Lipinski definition) is 0. The summed E-state index contributed by atoms with van der Waals surface area (Å²) < 4.78 is 11.9. The predicted molar refractivity (Wildman–Crippen MR) is 77.6 cm³/mol. The molecule has 1 saturated heterocycles. The molecule has 0 amide bonds. The number of ether oxygens (including phenoxy) is 2. The van der Waals surface area contributed by atoms with Crippen LogP contribution in [0.2, 0.25) is 5.02 Å². The maximum Gasteiger partial charge on any atom is 0.150 e. The Bertz CT molecular complexity index is 494. The van der Waals surface area contributed by atoms with Crippen LogP contribution in [-0.4, -0.2) is 24.6 Å². The molecule has 1 atom stereocenters. The lowest BCUT2D eigenvalue weighted by Crippen LogP contribution is -2.27. The minimum absolute atomic E-state index is 0.138. The second-order valence-electron chi connectivity index (χ2n) is 5.79. The van der Waals surface area contributed by atoms with Gasteiger partial charge in [0.2, 0.25) is 0 Å². The van der Waals surface area contributed by atoms with E-state index >= 15 is 0 Å². The minimum Gasteiger partial charge on any atom is -0.489 e. The highest BCUT2D eigenvalue weighted by Gasteiger charge is 2.42. The van der Waals surface area contributed by atoms with Crippen LogP contribution in [0, 0.1) is 0 Å². The van der Waals surface area contributed by atoms with Crippen molar-refractivity contribution in [2.45, 2.75) is 50.2 Å². The number of benzene rings is 1. The molecule has 1 aliphatic carbocycles. The summed E-state index contributed by atoms with van der Waals surface area (Å²) in [7, 11) is 0. The standard InChI is InChI=1S/C16H19ClO3/c17-14-9-12(10-18)3-4-15(14)19-11-13-5-8-16(20-13)6-1-2-7-16/h3-4,9-10,13H,1-2,5-8,11H2. The Labute approximate surface area is 124 Å². The van der Waals surface area contributed by atoms with E-state index in [-0.39, 0.29) is 11.7 Å². The molecule has 108 valence electrons. The molecule has 3 nitrogen and oxygen atoms in total. The van der Waals surface area contributed by atoms with Gasteiger partial charge in [0.15, 0.2) is 0 Å². The molecular weight excluding hydrogens is 276 g/mol. The third kappa shape index (κ3) is 2.84. The lowest BCUT2D eigenvalue weighted by molar-refractivity contribution is -0.0508. The molecule has 4 heteroatoms. The van der Waals surface area contributed by atoms with Gasteiger partial charge in [0, 0.05) is 5.56 Å². The molecule has 1 heterocycles. The third-order valence-corrected chi connectivity index (χ3v) is 4.67. The van der Waals surface area contributed by atoms with Crippen molar-refractivity contribution >= 4 is 17.9 Å². The molecule has 1 saturated carbocycles. The first-order valence-electron chi connectivity index (χ1n) is 7.26. The molecule has 0 N–H and O–H groups in total. The number of rotatable bonds is 4. The molecule has 1 spiro atoms. The van der Waals surface area contributed by atoms with Crippen LogP contribution in [-0.2, 0) is 4.74 Å². The highest BCUT2D eigenvalue weighted by atomic mass is 35.5. The molecular formula is C16H19ClO3. The fourth-order valence-electron chi connectivity index (χ4n) is 3.29. The summed E-state index contributed by atoms with van der Waals surface area (Å²) in [6.45, 7) is 0.530. The first-order valence-corrected chi connectivity index (χ1v) is 7.64. The molecule has 0 radical (unpaired) electrons. The van der Waals surface area contributed by atoms with Crippen LogP contribution in [0.15, 0.2) is 18.2 Å². The van der Waals surface area contributed by atoms with E-state index in [0.29, 0.717) is 22.9 Å². The van der Waals surface area contributed by atoms with E-state index in [9.17, 15) is 4.79 Å². The third-order valence-electron chi connectivity index (χ3n) is 4.37. The molecule has 0 aromatic heterocycles. The molecule has 2 fully saturated rings. The molecule has 20 heavy (non-hydrogen) atoms. The van der Waals surface area contributed by atoms with Gasteiger partial charge in [0.1, 0.15) is 18.6 Å². The second kappa shape index (κ2) is 5.74. The van der Waals surface area contributed by atoms with E-state index in [2.05, 4.69) is 0 Å². The van der Waals surface area contributed by atoms with Crippen LogP contribution >= 0.6 is 11.6 Å². The van der Waals surface area contributed by atoms with Crippen molar-refractivity contribution in [2.24, 2.45) is 0 Å². The Hall–Kier alpha value is -1.06. The van der Waals surface area contributed by atoms with Crippen molar-refractivity contribution in [1.29, 1.82) is 0 Å². The summed E-state index contributed by atoms with van der Waals surface area (Å²) >= 11 is 6.09. The number of aldehydes is 1. The van der Waals surface area contributed by atoms with Gasteiger partial charge in [-0.3, -0.25) is 4.79 Å². The van der Waals surface area contributed by atoms with Crippen LogP contribution in [0.1, 0.15) is 48.9 Å². The Morgan fingerprint density at radius 2 is 2.15 bits per heavy atom. The summed E-state index contributed by atoms with van der Waals surface area (Å²) in [5.74, 6) is 0.619. The van der Waals surface area contributed by atoms with Gasteiger partial charge in [-0.05, 0) is 43.9 Å². The van der Waals surface area contributed by atoms with Gasteiger partial charge in [0.25, 0.3) is 0 Å². The number of hydrogen-bond acceptors (Lipinski definition) is 3. The van der Waals surface area contributed by atoms with E-state index < -0.39 is 0 Å². The largest absolute Gasteiger partial charge is 0.489 e. The van der Waals surface area contributed by atoms with E-state index in [1.165, 1.54) is 25.7 Å². The Balaban J connectivity index is 1.56. The van der Waals surface area contributed by atoms with E-state index in [1.807, 2.05) is 0 Å². The van der Waals surface area contributed by atoms with Gasteiger partial charge >= 0.3 is 0 Å². The quantitative estimate of drug-likeness (QED) is 0.787. The van der Waals surface area contributed by atoms with Crippen LogP contribution in [0.5, 0.6) is 5.75 Å². The van der Waals surface area contributed by atoms with Crippen molar-refractivity contribution in [3.8, 4) is 5.75 Å². The Morgan fingerprint density at radius 1 is 1.35 bits per heavy atom. The van der Waals surface area contributed by atoms with Gasteiger partial charge in [-0.1, -0.05) is 24.4 Å². The van der Waals surface area contributed by atoms with Gasteiger partial charge in [-0.2, -0.15) is 0 Å². The maximum atomic E-state index is 10.7. The second-order valence-corrected chi connectivity index (χ2v) is 6.19. The first kappa shape index (κ1) is 13.9. The topological polar surface area (TPSA) is 35.5 Å². The van der Waals surface area contributed by atoms with Crippen LogP contribution in [0.25, 0.3) is 0 Å². The van der Waals surface area contributed by atoms with Crippen LogP contribution < -0.4 is 4.74 Å². The maximum absolute atomic E-state index is 10.7. The summed E-state index contributed by atoms with van der Waals surface area (Å²) in [5, 5.41) is 0.475. The zero-order valence-electron chi connectivity index (χ0n) is 11.4. The lowest BCUT2D eigenvalue weighted by Gasteiger charge is -2.23. The molecule has 2 aliphatic rings. The average Bonchev–Trinajstić information content (AvgIpc) is 3.08. The zero-order valence-corrected chi connectivity index (χ0v) is 12.2. The predicted octanol–water partition coefficient (Wildman–Crippen LogP) is 4.02. The number of carbonyl (C=O) groups is 1. The molecule has 3 rings (SSSR count). The number of carbonyl (C=O) groups excluding carboxylic acids is 1. The lowest BCUT2D eigenvalue weighted by atomic mass is 9.98. The summed E-state index contributed by atoms with van der Waals surface area (Å²) in [5.41, 5.74) is 0.698. The van der Waals surface area contributed by atoms with Gasteiger partial charge in [-0.15, -0.1) is 0 Å². The van der Waals surface area contributed by atoms with E-state index in [1.54, 1.807) is 18.2 Å². The van der Waals surface area contributed by atoms with Crippen molar-refractivity contribution in [3.05, 3.63) is 28.8 Å². The van der Waals surface area contributed by atoms with E-state index in [0.717, 1.165) is 19.1 Å². The fourth-order valence-corrected chi connectivity index (χ4v) is 3.53. The summed E-state index contributed by atoms with van der Waals surface area (Å²) in [6, 6.07) is 5.08. The van der Waals surface area contributed by atoms with E-state index in [4.69, 9.17) is 21.1 Å². The van der Waals surface area contributed by atoms with Gasteiger partial charge < -0.3 is 9.47 Å². The first-order chi connectivity index (χ1) is 9.71. The van der Waals surface area contributed by atoms with Crippen molar-refractivity contribution in [2.75, 3.05) is 6.61 Å². The minimum atomic E-state index is 0.138. The fraction of sp³-hybridized carbons (Fsp3) is 0.562. The monoisotopic (exact) mass is 294 g/mol. The van der Waals surface area contributed by atoms with Crippen molar-refractivity contribution in [3.63, 3.8) is 0 Å². The highest BCUT2D eigenvalue weighted by molar-refractivity contribution is 6.32. The smallest absolute Gasteiger partial charge is 0.150 e. The highest BCUT2D eigenvalue weighted by Crippen LogP contribution is 2.43. The Kier molecular flexibility index (Phi) is 3.99. The van der Waals surface area contributed by atoms with Gasteiger partial charge in [0.05, 0.1) is 16.7 Å². The molecule has 1 unspecified atom stereocenters. The average molecular weight is 295 g/mol. The number of halogens is 1. The molecule has 1 aromatic rings. The van der Waals surface area contributed by atoms with Gasteiger partial charge in [-0.25, -0.2) is 0 Å². The molecule has 1 aliphatic heterocycles. The Morgan fingerprint density at radius 3 is 2.85 bits per heavy atom. The summed E-state index contributed by atoms with van der Waals surface area (Å²) in [4.78, 5) is 10.7. The molecule has 0 bridgehead atoms. The van der Waals surface area contributed by atoms with Crippen LogP contribution in [0.4, 0.5) is 0 Å². The zero-order chi connectivity index (χ0) is 14.0.